The summed E-state index contributed by atoms with van der Waals surface area (Å²) in [5.74, 6) is -1.16. The van der Waals surface area contributed by atoms with Crippen molar-refractivity contribution in [3.8, 4) is 22.9 Å². The van der Waals surface area contributed by atoms with Crippen LogP contribution in [-0.2, 0) is 9.53 Å². The minimum atomic E-state index is -0.661. The summed E-state index contributed by atoms with van der Waals surface area (Å²) in [6.07, 6.45) is 1.40. The number of nitrogens with zero attached hydrogens (tertiary/aromatic N) is 1. The van der Waals surface area contributed by atoms with Gasteiger partial charge in [-0.05, 0) is 48.4 Å². The highest BCUT2D eigenvalue weighted by atomic mass is 35.5. The first-order valence-corrected chi connectivity index (χ1v) is 10.5. The van der Waals surface area contributed by atoms with Gasteiger partial charge in [0.25, 0.3) is 5.91 Å². The fraction of sp³-hybridized carbons (Fsp3) is 0.0870. The van der Waals surface area contributed by atoms with Gasteiger partial charge in [-0.25, -0.2) is 4.79 Å². The van der Waals surface area contributed by atoms with Crippen LogP contribution in [0.2, 0.25) is 5.02 Å². The highest BCUT2D eigenvalue weighted by Crippen LogP contribution is 2.37. The van der Waals surface area contributed by atoms with E-state index in [1.165, 1.54) is 18.2 Å². The van der Waals surface area contributed by atoms with Gasteiger partial charge in [-0.2, -0.15) is 5.26 Å². The van der Waals surface area contributed by atoms with E-state index in [-0.39, 0.29) is 28.5 Å². The second-order valence-electron chi connectivity index (χ2n) is 6.30. The van der Waals surface area contributed by atoms with Crippen LogP contribution < -0.4 is 5.32 Å². The molecule has 0 aliphatic rings. The summed E-state index contributed by atoms with van der Waals surface area (Å²) in [4.78, 5) is 25.4. The molecule has 6 nitrogen and oxygen atoms in total. The zero-order valence-electron chi connectivity index (χ0n) is 16.4. The number of aromatic hydroxyl groups is 1. The number of nitriles is 1. The molecule has 31 heavy (non-hydrogen) atoms. The number of hydrogen-bond acceptors (Lipinski definition) is 6. The van der Waals surface area contributed by atoms with Gasteiger partial charge in [-0.3, -0.25) is 4.79 Å². The van der Waals surface area contributed by atoms with Crippen LogP contribution in [0.15, 0.2) is 59.5 Å². The summed E-state index contributed by atoms with van der Waals surface area (Å²) >= 11 is 7.11. The Hall–Kier alpha value is -3.60. The summed E-state index contributed by atoms with van der Waals surface area (Å²) in [6.45, 7) is 1.87. The Morgan fingerprint density at radius 1 is 1.19 bits per heavy atom. The summed E-state index contributed by atoms with van der Waals surface area (Å²) in [7, 11) is 0. The molecule has 3 aromatic rings. The fourth-order valence-corrected chi connectivity index (χ4v) is 3.83. The van der Waals surface area contributed by atoms with Gasteiger partial charge in [0.05, 0.1) is 6.61 Å². The number of thiophene rings is 1. The number of benzene rings is 2. The largest absolute Gasteiger partial charge is 0.508 e. The van der Waals surface area contributed by atoms with E-state index >= 15 is 0 Å². The number of anilines is 1. The molecule has 2 N–H and O–H groups in total. The van der Waals surface area contributed by atoms with Gasteiger partial charge >= 0.3 is 5.97 Å². The lowest BCUT2D eigenvalue weighted by Crippen LogP contribution is -2.16. The Kier molecular flexibility index (Phi) is 7.08. The second-order valence-corrected chi connectivity index (χ2v) is 7.61. The molecule has 0 unspecified atom stereocenters. The molecule has 0 saturated heterocycles. The Morgan fingerprint density at radius 3 is 2.48 bits per heavy atom. The predicted molar refractivity (Wildman–Crippen MR) is 121 cm³/mol. The van der Waals surface area contributed by atoms with Crippen LogP contribution >= 0.6 is 22.9 Å². The maximum Gasteiger partial charge on any atom is 0.341 e. The minimum absolute atomic E-state index is 0.0764. The minimum Gasteiger partial charge on any atom is -0.508 e. The van der Waals surface area contributed by atoms with E-state index in [0.717, 1.165) is 16.9 Å². The number of halogens is 1. The van der Waals surface area contributed by atoms with Crippen LogP contribution in [-0.4, -0.2) is 23.6 Å². The summed E-state index contributed by atoms with van der Waals surface area (Å²) in [5.41, 5.74) is 1.97. The second kappa shape index (κ2) is 9.94. The SMILES string of the molecule is CCOC(=O)c1c(-c2ccc(Cl)cc2)csc1NC(=O)/C(C#N)=C/c1ccc(O)cc1. The number of rotatable bonds is 6. The number of esters is 1. The van der Waals surface area contributed by atoms with Crippen LogP contribution in [0.4, 0.5) is 5.00 Å². The predicted octanol–water partition coefficient (Wildman–Crippen LogP) is 5.50. The first-order chi connectivity index (χ1) is 14.9. The van der Waals surface area contributed by atoms with E-state index in [9.17, 15) is 20.0 Å². The van der Waals surface area contributed by atoms with E-state index in [1.807, 2.05) is 6.07 Å². The number of phenols is 1. The Labute approximate surface area is 188 Å². The molecule has 3 rings (SSSR count). The zero-order chi connectivity index (χ0) is 22.4. The molecule has 0 saturated carbocycles. The number of ether oxygens (including phenoxy) is 1. The monoisotopic (exact) mass is 452 g/mol. The van der Waals surface area contributed by atoms with E-state index in [1.54, 1.807) is 48.7 Å². The lowest BCUT2D eigenvalue weighted by molar-refractivity contribution is -0.112. The standard InChI is InChI=1S/C23H17ClN2O4S/c1-2-30-23(29)20-19(15-5-7-17(24)8-6-15)13-31-22(20)26-21(28)16(12-25)11-14-3-9-18(27)10-4-14/h3-11,13,27H,2H2,1H3,(H,26,28)/b16-11+. The number of amides is 1. The first-order valence-electron chi connectivity index (χ1n) is 9.19. The Morgan fingerprint density at radius 2 is 1.87 bits per heavy atom. The third kappa shape index (κ3) is 5.31. The van der Waals surface area contributed by atoms with Crippen molar-refractivity contribution in [3.63, 3.8) is 0 Å². The average molecular weight is 453 g/mol. The lowest BCUT2D eigenvalue weighted by Gasteiger charge is -2.09. The maximum absolute atomic E-state index is 12.7. The van der Waals surface area contributed by atoms with Crippen LogP contribution in [0.25, 0.3) is 17.2 Å². The number of hydrogen-bond donors (Lipinski definition) is 2. The van der Waals surface area contributed by atoms with Crippen LogP contribution in [0.3, 0.4) is 0 Å². The number of nitrogens with one attached hydrogen (secondary N) is 1. The van der Waals surface area contributed by atoms with Gasteiger partial charge < -0.3 is 15.2 Å². The van der Waals surface area contributed by atoms with Gasteiger partial charge in [0.1, 0.15) is 28.0 Å². The van der Waals surface area contributed by atoms with Gasteiger partial charge in [-0.15, -0.1) is 11.3 Å². The Balaban J connectivity index is 1.95. The van der Waals surface area contributed by atoms with Crippen LogP contribution in [0, 0.1) is 11.3 Å². The van der Waals surface area contributed by atoms with E-state index in [4.69, 9.17) is 16.3 Å². The average Bonchev–Trinajstić information content (AvgIpc) is 3.17. The number of phenolic OH excluding ortho intramolecular Hbond substituents is 1. The first kappa shape index (κ1) is 22.1. The summed E-state index contributed by atoms with van der Waals surface area (Å²) in [6, 6.07) is 14.9. The molecule has 0 atom stereocenters. The topological polar surface area (TPSA) is 99.4 Å². The molecule has 8 heteroatoms. The van der Waals surface area contributed by atoms with Gasteiger partial charge in [0.2, 0.25) is 0 Å². The maximum atomic E-state index is 12.7. The zero-order valence-corrected chi connectivity index (χ0v) is 18.0. The van der Waals surface area contributed by atoms with E-state index in [2.05, 4.69) is 5.32 Å². The molecule has 1 heterocycles. The lowest BCUT2D eigenvalue weighted by atomic mass is 10.0. The fourth-order valence-electron chi connectivity index (χ4n) is 2.75. The van der Waals surface area contributed by atoms with Crippen molar-refractivity contribution in [1.29, 1.82) is 5.26 Å². The van der Waals surface area contributed by atoms with Gasteiger partial charge in [0, 0.05) is 16.0 Å². The molecule has 156 valence electrons. The third-order valence-electron chi connectivity index (χ3n) is 4.22. The smallest absolute Gasteiger partial charge is 0.341 e. The van der Waals surface area contributed by atoms with Crippen molar-refractivity contribution in [2.45, 2.75) is 6.92 Å². The highest BCUT2D eigenvalue weighted by Gasteiger charge is 2.23. The summed E-state index contributed by atoms with van der Waals surface area (Å²) < 4.78 is 5.18. The van der Waals surface area contributed by atoms with Crippen molar-refractivity contribution in [2.24, 2.45) is 0 Å². The number of carbonyl (C=O) groups is 2. The van der Waals surface area contributed by atoms with Crippen LogP contribution in [0.5, 0.6) is 5.75 Å². The molecule has 0 spiro atoms. The molecule has 0 fully saturated rings. The van der Waals surface area contributed by atoms with Crippen LogP contribution in [0.1, 0.15) is 22.8 Å². The number of carbonyl (C=O) groups excluding carboxylic acids is 2. The van der Waals surface area contributed by atoms with Crippen molar-refractivity contribution in [2.75, 3.05) is 11.9 Å². The molecule has 0 radical (unpaired) electrons. The molecule has 1 aromatic heterocycles. The van der Waals surface area contributed by atoms with Crippen molar-refractivity contribution < 1.29 is 19.4 Å². The van der Waals surface area contributed by atoms with Gasteiger partial charge in [0.15, 0.2) is 0 Å². The van der Waals surface area contributed by atoms with E-state index < -0.39 is 11.9 Å². The molecule has 1 amide bonds. The Bertz CT molecular complexity index is 1180. The molecule has 0 aliphatic heterocycles. The highest BCUT2D eigenvalue weighted by molar-refractivity contribution is 7.15. The van der Waals surface area contributed by atoms with Crippen molar-refractivity contribution in [3.05, 3.63) is 75.6 Å². The molecule has 2 aromatic carbocycles. The van der Waals surface area contributed by atoms with Gasteiger partial charge in [-0.1, -0.05) is 35.9 Å². The quantitative estimate of drug-likeness (QED) is 0.292. The molecule has 0 bridgehead atoms. The molecular formula is C23H17ClN2O4S. The normalized spacial score (nSPS) is 10.9. The van der Waals surface area contributed by atoms with Crippen molar-refractivity contribution in [1.82, 2.24) is 0 Å². The third-order valence-corrected chi connectivity index (χ3v) is 5.37. The van der Waals surface area contributed by atoms with E-state index in [0.29, 0.717) is 16.1 Å². The van der Waals surface area contributed by atoms with Crippen molar-refractivity contribution >= 4 is 45.9 Å². The molecule has 0 aliphatic carbocycles. The summed E-state index contributed by atoms with van der Waals surface area (Å²) in [5, 5.41) is 24.0. The molecular weight excluding hydrogens is 436 g/mol.